The van der Waals surface area contributed by atoms with Crippen LogP contribution in [0.15, 0.2) is 30.3 Å². The fourth-order valence-corrected chi connectivity index (χ4v) is 3.93. The van der Waals surface area contributed by atoms with Crippen molar-refractivity contribution in [2.45, 2.75) is 31.7 Å². The smallest absolute Gasteiger partial charge is 0.322 e. The molecule has 0 saturated heterocycles. The lowest BCUT2D eigenvalue weighted by Gasteiger charge is -2.25. The maximum Gasteiger partial charge on any atom is 0.322 e. The van der Waals surface area contributed by atoms with Crippen LogP contribution >= 0.6 is 0 Å². The first-order valence-corrected chi connectivity index (χ1v) is 8.38. The Morgan fingerprint density at radius 1 is 1.30 bits per heavy atom. The van der Waals surface area contributed by atoms with Crippen LogP contribution < -0.4 is 4.72 Å². The van der Waals surface area contributed by atoms with Gasteiger partial charge in [0.2, 0.25) is 10.0 Å². The summed E-state index contributed by atoms with van der Waals surface area (Å²) in [7, 11) is -3.54. The van der Waals surface area contributed by atoms with E-state index in [1.165, 1.54) is 0 Å². The number of carboxylic acids is 1. The molecule has 0 spiro atoms. The van der Waals surface area contributed by atoms with Crippen molar-refractivity contribution in [2.75, 3.05) is 5.75 Å². The molecule has 20 heavy (non-hydrogen) atoms. The summed E-state index contributed by atoms with van der Waals surface area (Å²) >= 11 is 0. The number of aliphatic carboxylic acids is 1. The van der Waals surface area contributed by atoms with Crippen LogP contribution in [0.4, 0.5) is 0 Å². The number of rotatable bonds is 7. The van der Waals surface area contributed by atoms with Crippen LogP contribution in [0.2, 0.25) is 0 Å². The summed E-state index contributed by atoms with van der Waals surface area (Å²) in [4.78, 5) is 11.2. The molecule has 1 aliphatic rings. The summed E-state index contributed by atoms with van der Waals surface area (Å²) in [5.74, 6) is -0.935. The number of sulfonamides is 1. The van der Waals surface area contributed by atoms with Gasteiger partial charge >= 0.3 is 5.97 Å². The quantitative estimate of drug-likeness (QED) is 0.797. The van der Waals surface area contributed by atoms with Crippen molar-refractivity contribution in [3.05, 3.63) is 35.9 Å². The van der Waals surface area contributed by atoms with Crippen molar-refractivity contribution in [1.82, 2.24) is 4.72 Å². The molecule has 1 aromatic rings. The molecule has 0 radical (unpaired) electrons. The van der Waals surface area contributed by atoms with Crippen molar-refractivity contribution in [1.29, 1.82) is 0 Å². The number of nitrogens with one attached hydrogen (secondary N) is 1. The minimum Gasteiger partial charge on any atom is -0.480 e. The summed E-state index contributed by atoms with van der Waals surface area (Å²) in [6.45, 7) is 0. The zero-order valence-corrected chi connectivity index (χ0v) is 12.0. The minimum atomic E-state index is -3.54. The summed E-state index contributed by atoms with van der Waals surface area (Å²) in [6, 6.07) is 7.91. The number of benzene rings is 1. The number of carboxylic acid groups (broad SMARTS) is 1. The van der Waals surface area contributed by atoms with Gasteiger partial charge in [-0.1, -0.05) is 36.8 Å². The Hall–Kier alpha value is -1.40. The molecule has 0 bridgehead atoms. The van der Waals surface area contributed by atoms with Crippen LogP contribution in [-0.4, -0.2) is 31.3 Å². The van der Waals surface area contributed by atoms with Crippen LogP contribution in [0.1, 0.15) is 24.8 Å². The molecule has 1 aromatic carbocycles. The average molecular weight is 297 g/mol. The van der Waals surface area contributed by atoms with Crippen molar-refractivity contribution in [3.63, 3.8) is 0 Å². The third-order valence-corrected chi connectivity index (χ3v) is 5.14. The van der Waals surface area contributed by atoms with E-state index in [9.17, 15) is 18.3 Å². The van der Waals surface area contributed by atoms with Crippen LogP contribution in [0.25, 0.3) is 0 Å². The van der Waals surface area contributed by atoms with Crippen molar-refractivity contribution >= 4 is 16.0 Å². The zero-order chi connectivity index (χ0) is 14.6. The van der Waals surface area contributed by atoms with Gasteiger partial charge in [-0.15, -0.1) is 0 Å². The third-order valence-electron chi connectivity index (χ3n) is 3.58. The maximum atomic E-state index is 12.0. The van der Waals surface area contributed by atoms with E-state index in [0.717, 1.165) is 24.8 Å². The molecule has 110 valence electrons. The Morgan fingerprint density at radius 2 is 1.95 bits per heavy atom. The van der Waals surface area contributed by atoms with Gasteiger partial charge in [0.05, 0.1) is 5.75 Å². The van der Waals surface area contributed by atoms with Gasteiger partial charge in [-0.05, 0) is 30.7 Å². The summed E-state index contributed by atoms with van der Waals surface area (Å²) in [6.07, 6.45) is 3.04. The van der Waals surface area contributed by atoms with Crippen LogP contribution in [0, 0.1) is 5.92 Å². The van der Waals surface area contributed by atoms with E-state index in [2.05, 4.69) is 4.72 Å². The fraction of sp³-hybridized carbons (Fsp3) is 0.500. The first-order valence-electron chi connectivity index (χ1n) is 6.73. The van der Waals surface area contributed by atoms with E-state index in [1.54, 1.807) is 24.3 Å². The van der Waals surface area contributed by atoms with Gasteiger partial charge < -0.3 is 5.11 Å². The Kier molecular flexibility index (Phi) is 4.77. The maximum absolute atomic E-state index is 12.0. The lowest BCUT2D eigenvalue weighted by Crippen LogP contribution is -2.44. The highest BCUT2D eigenvalue weighted by Gasteiger charge is 2.29. The fourth-order valence-electron chi connectivity index (χ4n) is 2.26. The summed E-state index contributed by atoms with van der Waals surface area (Å²) in [5.41, 5.74) is 0.797. The number of hydrogen-bond acceptors (Lipinski definition) is 3. The normalized spacial score (nSPS) is 17.4. The Balaban J connectivity index is 1.99. The van der Waals surface area contributed by atoms with Crippen LogP contribution in [0.5, 0.6) is 0 Å². The van der Waals surface area contributed by atoms with E-state index in [4.69, 9.17) is 0 Å². The highest BCUT2D eigenvalue weighted by molar-refractivity contribution is 7.89. The van der Waals surface area contributed by atoms with Gasteiger partial charge in [-0.3, -0.25) is 4.79 Å². The van der Waals surface area contributed by atoms with E-state index >= 15 is 0 Å². The molecule has 1 fully saturated rings. The first-order chi connectivity index (χ1) is 9.46. The second kappa shape index (κ2) is 6.37. The highest BCUT2D eigenvalue weighted by atomic mass is 32.2. The van der Waals surface area contributed by atoms with Crippen LogP contribution in [-0.2, 0) is 21.2 Å². The number of carbonyl (C=O) groups is 1. The van der Waals surface area contributed by atoms with Gasteiger partial charge in [0, 0.05) is 0 Å². The molecule has 2 rings (SSSR count). The zero-order valence-electron chi connectivity index (χ0n) is 11.2. The molecule has 1 atom stereocenters. The molecule has 5 nitrogen and oxygen atoms in total. The molecule has 1 saturated carbocycles. The van der Waals surface area contributed by atoms with E-state index < -0.39 is 22.0 Å². The van der Waals surface area contributed by atoms with E-state index in [-0.39, 0.29) is 18.1 Å². The summed E-state index contributed by atoms with van der Waals surface area (Å²) in [5, 5.41) is 9.18. The second-order valence-electron chi connectivity index (χ2n) is 5.28. The average Bonchev–Trinajstić information content (AvgIpc) is 2.34. The second-order valence-corrected chi connectivity index (χ2v) is 7.08. The molecule has 0 aliphatic heterocycles. The van der Waals surface area contributed by atoms with Gasteiger partial charge in [0.15, 0.2) is 0 Å². The van der Waals surface area contributed by atoms with Crippen LogP contribution in [0.3, 0.4) is 0 Å². The monoisotopic (exact) mass is 297 g/mol. The highest BCUT2D eigenvalue weighted by Crippen LogP contribution is 2.27. The molecule has 0 unspecified atom stereocenters. The van der Waals surface area contributed by atoms with Crippen molar-refractivity contribution in [3.8, 4) is 0 Å². The first kappa shape index (κ1) is 15.0. The largest absolute Gasteiger partial charge is 0.480 e. The Bertz CT molecular complexity index is 552. The predicted octanol–water partition coefficient (Wildman–Crippen LogP) is 1.40. The molecule has 6 heteroatoms. The minimum absolute atomic E-state index is 0.0333. The SMILES string of the molecule is O=C(O)[C@H](Cc1ccccc1)NS(=O)(=O)CC1CCC1. The van der Waals surface area contributed by atoms with E-state index in [0.29, 0.717) is 0 Å². The lowest BCUT2D eigenvalue weighted by atomic mass is 9.87. The molecule has 2 N–H and O–H groups in total. The Labute approximate surface area is 119 Å². The topological polar surface area (TPSA) is 83.5 Å². The van der Waals surface area contributed by atoms with Gasteiger partial charge in [-0.25, -0.2) is 13.1 Å². The standard InChI is InChI=1S/C14H19NO4S/c16-14(17)13(9-11-5-2-1-3-6-11)15-20(18,19)10-12-7-4-8-12/h1-3,5-6,12-13,15H,4,7-10H2,(H,16,17)/t13-/m0/s1. The molecule has 0 amide bonds. The molecule has 1 aliphatic carbocycles. The van der Waals surface area contributed by atoms with Gasteiger partial charge in [-0.2, -0.15) is 0 Å². The summed E-state index contributed by atoms with van der Waals surface area (Å²) < 4.78 is 26.2. The predicted molar refractivity (Wildman–Crippen MR) is 75.8 cm³/mol. The number of hydrogen-bond donors (Lipinski definition) is 2. The van der Waals surface area contributed by atoms with Crippen molar-refractivity contribution < 1.29 is 18.3 Å². The molecule has 0 aromatic heterocycles. The third kappa shape index (κ3) is 4.31. The van der Waals surface area contributed by atoms with E-state index in [1.807, 2.05) is 6.07 Å². The Morgan fingerprint density at radius 3 is 2.45 bits per heavy atom. The lowest BCUT2D eigenvalue weighted by molar-refractivity contribution is -0.138. The molecule has 0 heterocycles. The van der Waals surface area contributed by atoms with Crippen molar-refractivity contribution in [2.24, 2.45) is 5.92 Å². The van der Waals surface area contributed by atoms with Gasteiger partial charge in [0.25, 0.3) is 0 Å². The molecular weight excluding hydrogens is 278 g/mol. The molecular formula is C14H19NO4S. The van der Waals surface area contributed by atoms with Gasteiger partial charge in [0.1, 0.15) is 6.04 Å².